The van der Waals surface area contributed by atoms with Gasteiger partial charge in [0.2, 0.25) is 0 Å². The van der Waals surface area contributed by atoms with Crippen LogP contribution in [0.4, 0.5) is 4.79 Å². The molecular weight excluding hydrogens is 152 g/mol. The summed E-state index contributed by atoms with van der Waals surface area (Å²) in [6.07, 6.45) is -1.29. The van der Waals surface area contributed by atoms with Crippen LogP contribution < -0.4 is 0 Å². The summed E-state index contributed by atoms with van der Waals surface area (Å²) in [5.74, 6) is 0. The number of amides is 1. The second-order valence-electron chi connectivity index (χ2n) is 2.41. The second-order valence-corrected chi connectivity index (χ2v) is 2.41. The van der Waals surface area contributed by atoms with Crippen molar-refractivity contribution < 1.29 is 14.6 Å². The molecule has 6 nitrogen and oxygen atoms in total. The molecule has 6 heteroatoms. The van der Waals surface area contributed by atoms with E-state index in [9.17, 15) is 14.9 Å². The minimum Gasteiger partial charge on any atom is -0.440 e. The van der Waals surface area contributed by atoms with E-state index >= 15 is 0 Å². The normalized spacial score (nSPS) is 30.4. The molecule has 11 heavy (non-hydrogen) atoms. The number of cyclic esters (lactones) is 1. The highest BCUT2D eigenvalue weighted by Crippen LogP contribution is 2.17. The van der Waals surface area contributed by atoms with E-state index in [1.807, 2.05) is 0 Å². The topological polar surface area (TPSA) is 72.7 Å². The molecule has 1 fully saturated rings. The lowest BCUT2D eigenvalue weighted by molar-refractivity contribution is -0.637. The summed E-state index contributed by atoms with van der Waals surface area (Å²) in [5, 5.41) is 9.94. The quantitative estimate of drug-likeness (QED) is 0.411. The summed E-state index contributed by atoms with van der Waals surface area (Å²) < 4.78 is 4.59. The van der Waals surface area contributed by atoms with Crippen LogP contribution in [0.3, 0.4) is 0 Å². The van der Waals surface area contributed by atoms with Gasteiger partial charge in [-0.25, -0.2) is 14.9 Å². The van der Waals surface area contributed by atoms with Gasteiger partial charge >= 0.3 is 6.09 Å². The van der Waals surface area contributed by atoms with Crippen LogP contribution in [0.15, 0.2) is 0 Å². The Labute approximate surface area is 62.9 Å². The van der Waals surface area contributed by atoms with E-state index in [-0.39, 0.29) is 0 Å². The Bertz CT molecular complexity index is 205. The van der Waals surface area contributed by atoms with Crippen LogP contribution in [0, 0.1) is 10.1 Å². The molecule has 0 N–H and O–H groups in total. The Morgan fingerprint density at radius 3 is 2.36 bits per heavy atom. The maximum absolute atomic E-state index is 10.7. The zero-order valence-corrected chi connectivity index (χ0v) is 6.18. The molecule has 0 saturated carbocycles. The van der Waals surface area contributed by atoms with Crippen molar-refractivity contribution >= 4 is 6.09 Å². The molecule has 1 saturated heterocycles. The van der Waals surface area contributed by atoms with Crippen molar-refractivity contribution in [2.24, 2.45) is 0 Å². The summed E-state index contributed by atoms with van der Waals surface area (Å²) in [4.78, 5) is 20.9. The number of carbonyl (C=O) groups excluding carboxylic acids is 1. The highest BCUT2D eigenvalue weighted by Gasteiger charge is 2.44. The van der Waals surface area contributed by atoms with Gasteiger partial charge in [-0.3, -0.25) is 0 Å². The van der Waals surface area contributed by atoms with Crippen molar-refractivity contribution in [2.45, 2.75) is 26.0 Å². The van der Waals surface area contributed by atoms with Crippen LogP contribution in [0.5, 0.6) is 0 Å². The SMILES string of the molecule is CC1OC(=O)N([N+](=O)[O-])C1C. The third-order valence-electron chi connectivity index (χ3n) is 1.71. The highest BCUT2D eigenvalue weighted by atomic mass is 16.7. The molecule has 0 aromatic carbocycles. The molecule has 1 aliphatic heterocycles. The van der Waals surface area contributed by atoms with Gasteiger partial charge in [0.25, 0.3) is 0 Å². The van der Waals surface area contributed by atoms with Crippen LogP contribution in [0.1, 0.15) is 13.8 Å². The first kappa shape index (κ1) is 7.77. The van der Waals surface area contributed by atoms with Gasteiger partial charge in [-0.1, -0.05) is 0 Å². The van der Waals surface area contributed by atoms with E-state index in [2.05, 4.69) is 4.74 Å². The van der Waals surface area contributed by atoms with Crippen LogP contribution in [0.2, 0.25) is 0 Å². The smallest absolute Gasteiger partial charge is 0.440 e. The molecule has 1 rings (SSSR count). The predicted octanol–water partition coefficient (Wildman–Crippen LogP) is 0.407. The van der Waals surface area contributed by atoms with Crippen molar-refractivity contribution in [2.75, 3.05) is 0 Å². The van der Waals surface area contributed by atoms with Crippen molar-refractivity contribution in [3.63, 3.8) is 0 Å². The molecular formula is C5H8N2O4. The standard InChI is InChI=1S/C5H8N2O4/c1-3-4(2)11-5(8)6(3)7(9)10/h3-4H,1-2H3. The lowest BCUT2D eigenvalue weighted by Gasteiger charge is -2.07. The van der Waals surface area contributed by atoms with Crippen LogP contribution in [-0.4, -0.2) is 28.3 Å². The number of nitrogens with zero attached hydrogens (tertiary/aromatic N) is 2. The maximum atomic E-state index is 10.7. The third kappa shape index (κ3) is 1.11. The van der Waals surface area contributed by atoms with Gasteiger partial charge in [0.05, 0.1) is 0 Å². The van der Waals surface area contributed by atoms with Crippen molar-refractivity contribution in [1.29, 1.82) is 0 Å². The molecule has 2 atom stereocenters. The van der Waals surface area contributed by atoms with Gasteiger partial charge < -0.3 is 4.74 Å². The van der Waals surface area contributed by atoms with E-state index in [4.69, 9.17) is 0 Å². The maximum Gasteiger partial charge on any atom is 0.468 e. The molecule has 2 unspecified atom stereocenters. The first-order chi connectivity index (χ1) is 5.04. The fourth-order valence-electron chi connectivity index (χ4n) is 0.892. The molecule has 1 aliphatic rings. The molecule has 0 bridgehead atoms. The summed E-state index contributed by atoms with van der Waals surface area (Å²) in [6, 6.07) is -0.488. The van der Waals surface area contributed by atoms with Crippen molar-refractivity contribution in [3.05, 3.63) is 10.1 Å². The lowest BCUT2D eigenvalue weighted by Crippen LogP contribution is -2.37. The monoisotopic (exact) mass is 160 g/mol. The molecule has 0 radical (unpaired) electrons. The lowest BCUT2D eigenvalue weighted by atomic mass is 10.2. The molecule has 0 aliphatic carbocycles. The third-order valence-corrected chi connectivity index (χ3v) is 1.71. The molecule has 0 spiro atoms. The number of hydrazine groups is 1. The van der Waals surface area contributed by atoms with Crippen molar-refractivity contribution in [1.82, 2.24) is 5.01 Å². The Morgan fingerprint density at radius 1 is 1.64 bits per heavy atom. The fourth-order valence-corrected chi connectivity index (χ4v) is 0.892. The van der Waals surface area contributed by atoms with Crippen LogP contribution in [-0.2, 0) is 4.74 Å². The molecule has 62 valence electrons. The van der Waals surface area contributed by atoms with Gasteiger partial charge in [0.15, 0.2) is 5.03 Å². The Hall–Kier alpha value is -1.33. The fraction of sp³-hybridized carbons (Fsp3) is 0.800. The van der Waals surface area contributed by atoms with Gasteiger partial charge in [-0.2, -0.15) is 0 Å². The summed E-state index contributed by atoms with van der Waals surface area (Å²) >= 11 is 0. The Kier molecular flexibility index (Phi) is 1.67. The van der Waals surface area contributed by atoms with E-state index in [0.29, 0.717) is 5.01 Å². The molecule has 1 heterocycles. The number of rotatable bonds is 1. The van der Waals surface area contributed by atoms with E-state index in [0.717, 1.165) is 0 Å². The van der Waals surface area contributed by atoms with Crippen LogP contribution in [0.25, 0.3) is 0 Å². The van der Waals surface area contributed by atoms with Crippen molar-refractivity contribution in [3.8, 4) is 0 Å². The number of ether oxygens (including phenoxy) is 1. The summed E-state index contributed by atoms with van der Waals surface area (Å²) in [5.41, 5.74) is 0. The predicted molar refractivity (Wildman–Crippen MR) is 34.2 cm³/mol. The number of hydrogen-bond donors (Lipinski definition) is 0. The van der Waals surface area contributed by atoms with E-state index < -0.39 is 23.3 Å². The summed E-state index contributed by atoms with van der Waals surface area (Å²) in [7, 11) is 0. The molecule has 1 amide bonds. The van der Waals surface area contributed by atoms with E-state index in [1.54, 1.807) is 13.8 Å². The van der Waals surface area contributed by atoms with Gasteiger partial charge in [0.1, 0.15) is 12.1 Å². The Morgan fingerprint density at radius 2 is 2.18 bits per heavy atom. The minimum atomic E-state index is -0.880. The first-order valence-electron chi connectivity index (χ1n) is 3.18. The van der Waals surface area contributed by atoms with Gasteiger partial charge in [-0.05, 0) is 18.9 Å². The van der Waals surface area contributed by atoms with Gasteiger partial charge in [-0.15, -0.1) is 0 Å². The molecule has 0 aromatic rings. The Balaban J connectivity index is 2.79. The van der Waals surface area contributed by atoms with Gasteiger partial charge in [0, 0.05) is 0 Å². The second kappa shape index (κ2) is 2.37. The van der Waals surface area contributed by atoms with Crippen LogP contribution >= 0.6 is 0 Å². The average molecular weight is 160 g/mol. The largest absolute Gasteiger partial charge is 0.468 e. The zero-order valence-electron chi connectivity index (χ0n) is 6.18. The number of hydrogen-bond acceptors (Lipinski definition) is 4. The minimum absolute atomic E-state index is 0.409. The average Bonchev–Trinajstić information content (AvgIpc) is 2.07. The number of nitro groups is 1. The number of carbonyl (C=O) groups is 1. The zero-order chi connectivity index (χ0) is 8.59. The van der Waals surface area contributed by atoms with E-state index in [1.165, 1.54) is 0 Å². The first-order valence-corrected chi connectivity index (χ1v) is 3.18. The molecule has 0 aromatic heterocycles. The summed E-state index contributed by atoms with van der Waals surface area (Å²) in [6.45, 7) is 3.18. The highest BCUT2D eigenvalue weighted by molar-refractivity contribution is 5.68.